The van der Waals surface area contributed by atoms with E-state index in [0.717, 1.165) is 12.8 Å². The molecule has 9 nitrogen and oxygen atoms in total. The zero-order valence-corrected chi connectivity index (χ0v) is 15.6. The van der Waals surface area contributed by atoms with Crippen LogP contribution < -0.4 is 16.6 Å². The van der Waals surface area contributed by atoms with E-state index in [2.05, 4.69) is 15.3 Å². The van der Waals surface area contributed by atoms with Crippen LogP contribution in [0.4, 0.5) is 0 Å². The first kappa shape index (κ1) is 17.9. The minimum Gasteiger partial charge on any atom is -0.348 e. The number of amides is 1. The number of nitrogens with zero attached hydrogens (tertiary/aromatic N) is 2. The molecule has 1 saturated heterocycles. The molecule has 2 aromatic heterocycles. The molecular formula is C17H20N4O5S. The van der Waals surface area contributed by atoms with Crippen LogP contribution >= 0.6 is 0 Å². The molecule has 3 heterocycles. The van der Waals surface area contributed by atoms with Crippen LogP contribution in [0.1, 0.15) is 48.2 Å². The normalized spacial score (nSPS) is 21.4. The first-order valence-electron chi connectivity index (χ1n) is 8.98. The van der Waals surface area contributed by atoms with Gasteiger partial charge in [-0.1, -0.05) is 0 Å². The van der Waals surface area contributed by atoms with E-state index in [4.69, 9.17) is 0 Å². The van der Waals surface area contributed by atoms with Gasteiger partial charge in [-0.25, -0.2) is 18.2 Å². The summed E-state index contributed by atoms with van der Waals surface area (Å²) in [4.78, 5) is 44.2. The third-order valence-corrected chi connectivity index (χ3v) is 6.86. The van der Waals surface area contributed by atoms with Crippen molar-refractivity contribution in [1.29, 1.82) is 0 Å². The van der Waals surface area contributed by atoms with Crippen molar-refractivity contribution in [2.75, 3.05) is 11.5 Å². The minimum atomic E-state index is -3.14. The largest absolute Gasteiger partial charge is 0.348 e. The van der Waals surface area contributed by atoms with Crippen LogP contribution in [0.15, 0.2) is 15.7 Å². The Morgan fingerprint density at radius 3 is 2.67 bits per heavy atom. The van der Waals surface area contributed by atoms with Gasteiger partial charge in [0.15, 0.2) is 15.5 Å². The molecule has 1 saturated carbocycles. The van der Waals surface area contributed by atoms with E-state index in [0.29, 0.717) is 18.7 Å². The fraction of sp³-hybridized carbons (Fsp3) is 0.529. The lowest BCUT2D eigenvalue weighted by molar-refractivity contribution is 0.0942. The Morgan fingerprint density at radius 2 is 2.07 bits per heavy atom. The van der Waals surface area contributed by atoms with E-state index >= 15 is 0 Å². The van der Waals surface area contributed by atoms with Crippen molar-refractivity contribution in [2.45, 2.75) is 44.7 Å². The van der Waals surface area contributed by atoms with Gasteiger partial charge in [0.05, 0.1) is 22.5 Å². The van der Waals surface area contributed by atoms with Crippen LogP contribution in [0.5, 0.6) is 0 Å². The molecule has 0 aromatic carbocycles. The van der Waals surface area contributed by atoms with E-state index in [1.807, 2.05) is 0 Å². The monoisotopic (exact) mass is 392 g/mol. The highest BCUT2D eigenvalue weighted by Gasteiger charge is 2.32. The predicted octanol–water partition coefficient (Wildman–Crippen LogP) is -0.101. The van der Waals surface area contributed by atoms with Crippen molar-refractivity contribution in [2.24, 2.45) is 0 Å². The lowest BCUT2D eigenvalue weighted by Crippen LogP contribution is -2.37. The van der Waals surface area contributed by atoms with Gasteiger partial charge in [-0.05, 0) is 32.3 Å². The number of aromatic amines is 1. The van der Waals surface area contributed by atoms with Gasteiger partial charge < -0.3 is 5.32 Å². The van der Waals surface area contributed by atoms with E-state index < -0.39 is 33.0 Å². The Balaban J connectivity index is 1.85. The zero-order valence-electron chi connectivity index (χ0n) is 14.8. The van der Waals surface area contributed by atoms with Gasteiger partial charge in [0.1, 0.15) is 0 Å². The molecule has 2 aromatic rings. The maximum Gasteiger partial charge on any atom is 0.329 e. The molecule has 1 amide bonds. The minimum absolute atomic E-state index is 0.0400. The number of sulfone groups is 1. The summed E-state index contributed by atoms with van der Waals surface area (Å²) in [6.07, 6.45) is 2.24. The van der Waals surface area contributed by atoms with Gasteiger partial charge in [-0.2, -0.15) is 0 Å². The molecule has 2 N–H and O–H groups in total. The molecule has 0 bridgehead atoms. The summed E-state index contributed by atoms with van der Waals surface area (Å²) < 4.78 is 24.6. The van der Waals surface area contributed by atoms with Crippen LogP contribution in [-0.4, -0.2) is 46.4 Å². The molecule has 2 aliphatic rings. The van der Waals surface area contributed by atoms with Gasteiger partial charge in [-0.3, -0.25) is 19.1 Å². The molecule has 2 fully saturated rings. The van der Waals surface area contributed by atoms with Crippen LogP contribution in [0.3, 0.4) is 0 Å². The van der Waals surface area contributed by atoms with E-state index in [1.165, 1.54) is 4.57 Å². The number of rotatable bonds is 4. The lowest BCUT2D eigenvalue weighted by atomic mass is 10.1. The highest BCUT2D eigenvalue weighted by Crippen LogP contribution is 2.39. The number of nitrogens with one attached hydrogen (secondary N) is 2. The number of carbonyl (C=O) groups is 1. The van der Waals surface area contributed by atoms with Crippen molar-refractivity contribution in [3.63, 3.8) is 0 Å². The molecule has 0 radical (unpaired) electrons. The first-order valence-corrected chi connectivity index (χ1v) is 10.8. The Kier molecular flexibility index (Phi) is 4.17. The number of pyridine rings is 1. The molecule has 144 valence electrons. The van der Waals surface area contributed by atoms with Crippen molar-refractivity contribution in [3.05, 3.63) is 38.2 Å². The summed E-state index contributed by atoms with van der Waals surface area (Å²) in [5, 5.41) is 2.78. The zero-order chi connectivity index (χ0) is 19.3. The number of fused-ring (bicyclic) bond motifs is 1. The molecule has 27 heavy (non-hydrogen) atoms. The molecule has 1 atom stereocenters. The van der Waals surface area contributed by atoms with Gasteiger partial charge in [-0.15, -0.1) is 0 Å². The topological polar surface area (TPSA) is 131 Å². The second-order valence-corrected chi connectivity index (χ2v) is 9.37. The van der Waals surface area contributed by atoms with Crippen LogP contribution in [0, 0.1) is 0 Å². The summed E-state index contributed by atoms with van der Waals surface area (Å²) in [6, 6.07) is 1.12. The van der Waals surface area contributed by atoms with Gasteiger partial charge in [0.2, 0.25) is 0 Å². The second kappa shape index (κ2) is 6.29. The molecule has 1 aliphatic heterocycles. The predicted molar refractivity (Wildman–Crippen MR) is 98.8 cm³/mol. The Labute approximate surface area is 154 Å². The third-order valence-electron chi connectivity index (χ3n) is 5.09. The number of aryl methyl sites for hydroxylation is 1. The smallest absolute Gasteiger partial charge is 0.329 e. The highest BCUT2D eigenvalue weighted by atomic mass is 32.2. The Hall–Kier alpha value is -2.49. The lowest BCUT2D eigenvalue weighted by Gasteiger charge is -2.14. The Bertz CT molecular complexity index is 1160. The Morgan fingerprint density at radius 1 is 1.33 bits per heavy atom. The van der Waals surface area contributed by atoms with Crippen molar-refractivity contribution < 1.29 is 13.2 Å². The molecule has 1 aliphatic carbocycles. The summed E-state index contributed by atoms with van der Waals surface area (Å²) in [7, 11) is -3.14. The van der Waals surface area contributed by atoms with E-state index in [9.17, 15) is 22.8 Å². The molecular weight excluding hydrogens is 372 g/mol. The highest BCUT2D eigenvalue weighted by molar-refractivity contribution is 7.91. The number of hydrogen-bond donors (Lipinski definition) is 2. The number of H-pyrrole nitrogens is 1. The molecule has 10 heteroatoms. The quantitative estimate of drug-likeness (QED) is 0.747. The van der Waals surface area contributed by atoms with Crippen molar-refractivity contribution in [1.82, 2.24) is 19.9 Å². The number of aromatic nitrogens is 3. The summed E-state index contributed by atoms with van der Waals surface area (Å²) >= 11 is 0. The molecule has 4 rings (SSSR count). The fourth-order valence-corrected chi connectivity index (χ4v) is 5.20. The summed E-state index contributed by atoms with van der Waals surface area (Å²) in [5.41, 5.74) is -0.226. The molecule has 0 spiro atoms. The van der Waals surface area contributed by atoms with Gasteiger partial charge >= 0.3 is 5.69 Å². The summed E-state index contributed by atoms with van der Waals surface area (Å²) in [5.74, 6) is -0.364. The molecule has 1 unspecified atom stereocenters. The maximum absolute atomic E-state index is 12.9. The van der Waals surface area contributed by atoms with Crippen LogP contribution in [0.25, 0.3) is 11.0 Å². The summed E-state index contributed by atoms with van der Waals surface area (Å²) in [6.45, 7) is 2.06. The SMILES string of the molecule is CCn1c(=O)[nH]c(=O)c2c(C(=O)NC3CCS(=O)(=O)C3)cc(C3CC3)nc21. The number of carbonyl (C=O) groups excluding carboxylic acids is 1. The van der Waals surface area contributed by atoms with Crippen molar-refractivity contribution >= 4 is 26.8 Å². The third kappa shape index (κ3) is 3.29. The standard InChI is InChI=1S/C17H20N4O5S/c1-2-21-14-13(16(23)20-17(21)24)11(7-12(19-14)9-3-4-9)15(22)18-10-5-6-27(25,26)8-10/h7,9-10H,2-6,8H2,1H3,(H,18,22)(H,20,23,24). The van der Waals surface area contributed by atoms with E-state index in [1.54, 1.807) is 13.0 Å². The average molecular weight is 392 g/mol. The van der Waals surface area contributed by atoms with Crippen LogP contribution in [0.2, 0.25) is 0 Å². The average Bonchev–Trinajstić information content (AvgIpc) is 3.38. The van der Waals surface area contributed by atoms with E-state index in [-0.39, 0.29) is 34.0 Å². The van der Waals surface area contributed by atoms with Gasteiger partial charge in [0.25, 0.3) is 11.5 Å². The fourth-order valence-electron chi connectivity index (χ4n) is 3.53. The second-order valence-electron chi connectivity index (χ2n) is 7.14. The van der Waals surface area contributed by atoms with Crippen molar-refractivity contribution in [3.8, 4) is 0 Å². The first-order chi connectivity index (χ1) is 12.8. The number of hydrogen-bond acceptors (Lipinski definition) is 6. The van der Waals surface area contributed by atoms with Gasteiger partial charge in [0, 0.05) is 24.2 Å². The maximum atomic E-state index is 12.9. The van der Waals surface area contributed by atoms with Crippen LogP contribution in [-0.2, 0) is 16.4 Å².